The highest BCUT2D eigenvalue weighted by Crippen LogP contribution is 2.32. The lowest BCUT2D eigenvalue weighted by Crippen LogP contribution is -2.42. The number of benzene rings is 1. The number of carbonyl (C=O) groups excluding carboxylic acids is 2. The van der Waals surface area contributed by atoms with Crippen LogP contribution in [0.3, 0.4) is 0 Å². The minimum Gasteiger partial charge on any atom is -0.351 e. The maximum atomic E-state index is 13.4. The van der Waals surface area contributed by atoms with Crippen molar-refractivity contribution in [3.05, 3.63) is 56.7 Å². The van der Waals surface area contributed by atoms with Gasteiger partial charge in [0.05, 0.1) is 17.2 Å². The smallest absolute Gasteiger partial charge is 0.318 e. The van der Waals surface area contributed by atoms with Gasteiger partial charge in [-0.05, 0) is 30.9 Å². The first-order chi connectivity index (χ1) is 14.2. The number of rotatable bonds is 6. The number of fused-ring (bicyclic) bond motifs is 1. The number of urea groups is 1. The monoisotopic (exact) mass is 444 g/mol. The lowest BCUT2D eigenvalue weighted by molar-refractivity contribution is -0.120. The summed E-state index contributed by atoms with van der Waals surface area (Å²) in [5.41, 5.74) is 6.87. The van der Waals surface area contributed by atoms with Crippen molar-refractivity contribution in [2.24, 2.45) is 11.7 Å². The summed E-state index contributed by atoms with van der Waals surface area (Å²) in [6, 6.07) is 8.72. The average molecular weight is 445 g/mol. The van der Waals surface area contributed by atoms with Crippen molar-refractivity contribution in [1.29, 1.82) is 0 Å². The van der Waals surface area contributed by atoms with E-state index in [1.807, 2.05) is 58.0 Å². The Morgan fingerprint density at radius 2 is 1.90 bits per heavy atom. The molecule has 30 heavy (non-hydrogen) atoms. The second-order valence-corrected chi connectivity index (χ2v) is 9.68. The van der Waals surface area contributed by atoms with E-state index in [-0.39, 0.29) is 11.5 Å². The number of thiophene rings is 1. The van der Waals surface area contributed by atoms with Crippen molar-refractivity contribution in [3.63, 3.8) is 0 Å². The summed E-state index contributed by atoms with van der Waals surface area (Å²) in [6.45, 7) is 7.97. The molecule has 0 aliphatic heterocycles. The van der Waals surface area contributed by atoms with Gasteiger partial charge < -0.3 is 5.73 Å². The number of amides is 3. The van der Waals surface area contributed by atoms with Crippen LogP contribution in [0.25, 0.3) is 10.2 Å². The Bertz CT molecular complexity index is 1150. The number of hydrogen-bond acceptors (Lipinski definition) is 6. The zero-order valence-corrected chi connectivity index (χ0v) is 18.9. The molecule has 0 radical (unpaired) electrons. The average Bonchev–Trinajstić information content (AvgIpc) is 2.96. The van der Waals surface area contributed by atoms with Gasteiger partial charge in [-0.25, -0.2) is 9.78 Å². The van der Waals surface area contributed by atoms with Crippen LogP contribution in [0.15, 0.2) is 40.3 Å². The molecule has 1 atom stereocenters. The number of carbonyl (C=O) groups is 2. The lowest BCUT2D eigenvalue weighted by Gasteiger charge is -2.20. The van der Waals surface area contributed by atoms with Crippen LogP contribution in [0, 0.1) is 19.8 Å². The van der Waals surface area contributed by atoms with Crippen molar-refractivity contribution in [3.8, 4) is 0 Å². The van der Waals surface area contributed by atoms with Gasteiger partial charge in [0, 0.05) is 4.88 Å². The minimum absolute atomic E-state index is 0.112. The molecule has 3 rings (SSSR count). The Hall–Kier alpha value is -2.65. The molecule has 1 unspecified atom stereocenters. The highest BCUT2D eigenvalue weighted by atomic mass is 32.2. The number of imide groups is 1. The molecule has 0 aliphatic carbocycles. The summed E-state index contributed by atoms with van der Waals surface area (Å²) >= 11 is 2.64. The molecule has 0 fully saturated rings. The molecule has 0 aliphatic rings. The molecular weight excluding hydrogens is 420 g/mol. The third-order valence-corrected chi connectivity index (χ3v) is 7.42. The fourth-order valence-electron chi connectivity index (χ4n) is 3.10. The number of thioether (sulfide) groups is 1. The highest BCUT2D eigenvalue weighted by molar-refractivity contribution is 8.00. The maximum Gasteiger partial charge on any atom is 0.318 e. The van der Waals surface area contributed by atoms with Crippen LogP contribution >= 0.6 is 23.1 Å². The number of nitrogens with zero attached hydrogens (tertiary/aromatic N) is 2. The van der Waals surface area contributed by atoms with Gasteiger partial charge in [-0.3, -0.25) is 19.5 Å². The Labute approximate surface area is 182 Å². The van der Waals surface area contributed by atoms with Crippen LogP contribution in [-0.4, -0.2) is 26.7 Å². The lowest BCUT2D eigenvalue weighted by atomic mass is 10.1. The second-order valence-electron chi connectivity index (χ2n) is 7.37. The molecule has 2 heterocycles. The van der Waals surface area contributed by atoms with Crippen molar-refractivity contribution < 1.29 is 9.59 Å². The molecular formula is C21H24N4O3S2. The number of nitrogens with one attached hydrogen (secondary N) is 1. The van der Waals surface area contributed by atoms with Gasteiger partial charge in [0.25, 0.3) is 5.56 Å². The van der Waals surface area contributed by atoms with Gasteiger partial charge in [0.2, 0.25) is 5.91 Å². The predicted octanol–water partition coefficient (Wildman–Crippen LogP) is 3.43. The molecule has 0 bridgehead atoms. The van der Waals surface area contributed by atoms with Crippen LogP contribution in [0.4, 0.5) is 4.79 Å². The predicted molar refractivity (Wildman–Crippen MR) is 121 cm³/mol. The molecule has 2 aromatic heterocycles. The van der Waals surface area contributed by atoms with E-state index in [9.17, 15) is 14.4 Å². The van der Waals surface area contributed by atoms with Gasteiger partial charge in [-0.15, -0.1) is 11.3 Å². The fraction of sp³-hybridized carbons (Fsp3) is 0.333. The standard InChI is InChI=1S/C21H24N4O3S2/c1-11(2)16(17(26)23-20(22)28)30-21-24-18-15(12(3)13(4)29-18)19(27)25(21)10-14-8-6-5-7-9-14/h5-9,11,16H,10H2,1-4H3,(H3,22,23,26,28). The van der Waals surface area contributed by atoms with Crippen LogP contribution in [0.1, 0.15) is 29.9 Å². The molecule has 7 nitrogen and oxygen atoms in total. The van der Waals surface area contributed by atoms with Crippen LogP contribution in [0.2, 0.25) is 0 Å². The van der Waals surface area contributed by atoms with E-state index < -0.39 is 17.2 Å². The highest BCUT2D eigenvalue weighted by Gasteiger charge is 2.28. The van der Waals surface area contributed by atoms with E-state index in [0.717, 1.165) is 16.0 Å². The number of hydrogen-bond donors (Lipinski definition) is 2. The second kappa shape index (κ2) is 9.01. The van der Waals surface area contributed by atoms with E-state index >= 15 is 0 Å². The van der Waals surface area contributed by atoms with Crippen LogP contribution < -0.4 is 16.6 Å². The maximum absolute atomic E-state index is 13.4. The van der Waals surface area contributed by atoms with E-state index in [4.69, 9.17) is 10.7 Å². The Balaban J connectivity index is 2.13. The molecule has 0 saturated heterocycles. The molecule has 0 saturated carbocycles. The molecule has 1 aromatic carbocycles. The first-order valence-electron chi connectivity index (χ1n) is 9.50. The minimum atomic E-state index is -0.902. The number of primary amides is 1. The quantitative estimate of drug-likeness (QED) is 0.447. The summed E-state index contributed by atoms with van der Waals surface area (Å²) in [7, 11) is 0. The third kappa shape index (κ3) is 4.57. The number of aromatic nitrogens is 2. The van der Waals surface area contributed by atoms with Crippen molar-refractivity contribution in [1.82, 2.24) is 14.9 Å². The van der Waals surface area contributed by atoms with Crippen LogP contribution in [0.5, 0.6) is 0 Å². The van der Waals surface area contributed by atoms with Gasteiger partial charge >= 0.3 is 6.03 Å². The van der Waals surface area contributed by atoms with Crippen LogP contribution in [-0.2, 0) is 11.3 Å². The van der Waals surface area contributed by atoms with Crippen molar-refractivity contribution >= 4 is 45.3 Å². The first kappa shape index (κ1) is 22.0. The zero-order chi connectivity index (χ0) is 22.0. The van der Waals surface area contributed by atoms with Crippen molar-refractivity contribution in [2.75, 3.05) is 0 Å². The summed E-state index contributed by atoms with van der Waals surface area (Å²) in [4.78, 5) is 43.6. The molecule has 3 amide bonds. The summed E-state index contributed by atoms with van der Waals surface area (Å²) in [6.07, 6.45) is 0. The topological polar surface area (TPSA) is 107 Å². The van der Waals surface area contributed by atoms with Gasteiger partial charge in [0.1, 0.15) is 4.83 Å². The first-order valence-corrected chi connectivity index (χ1v) is 11.2. The molecule has 0 spiro atoms. The van der Waals surface area contributed by atoms with Gasteiger partial charge in [-0.2, -0.15) is 0 Å². The number of aryl methyl sites for hydroxylation is 2. The molecule has 158 valence electrons. The summed E-state index contributed by atoms with van der Waals surface area (Å²) < 4.78 is 1.61. The normalized spacial score (nSPS) is 12.3. The largest absolute Gasteiger partial charge is 0.351 e. The molecule has 9 heteroatoms. The van der Waals surface area contributed by atoms with E-state index in [1.165, 1.54) is 23.1 Å². The third-order valence-electron chi connectivity index (χ3n) is 4.78. The Morgan fingerprint density at radius 1 is 1.23 bits per heavy atom. The van der Waals surface area contributed by atoms with Gasteiger partial charge in [0.15, 0.2) is 5.16 Å². The fourth-order valence-corrected chi connectivity index (χ4v) is 5.26. The summed E-state index contributed by atoms with van der Waals surface area (Å²) in [5.74, 6) is -0.611. The van der Waals surface area contributed by atoms with E-state index in [2.05, 4.69) is 5.32 Å². The molecule has 3 aromatic rings. The van der Waals surface area contributed by atoms with E-state index in [0.29, 0.717) is 21.9 Å². The Kier molecular flexibility index (Phi) is 6.62. The SMILES string of the molecule is Cc1sc2nc(SC(C(=O)NC(N)=O)C(C)C)n(Cc3ccccc3)c(=O)c2c1C. The van der Waals surface area contributed by atoms with Crippen molar-refractivity contribution in [2.45, 2.75) is 44.6 Å². The zero-order valence-electron chi connectivity index (χ0n) is 17.3. The molecule has 3 N–H and O–H groups in total. The van der Waals surface area contributed by atoms with Gasteiger partial charge in [-0.1, -0.05) is 55.9 Å². The number of nitrogens with two attached hydrogens (primary N) is 1. The summed E-state index contributed by atoms with van der Waals surface area (Å²) in [5, 5.41) is 2.56. The van der Waals surface area contributed by atoms with E-state index in [1.54, 1.807) is 4.57 Å². The Morgan fingerprint density at radius 3 is 2.50 bits per heavy atom.